The Labute approximate surface area is 133 Å². The van der Waals surface area contributed by atoms with Crippen LogP contribution in [0.5, 0.6) is 0 Å². The lowest BCUT2D eigenvalue weighted by atomic mass is 9.77. The van der Waals surface area contributed by atoms with Crippen molar-refractivity contribution in [2.75, 3.05) is 0 Å². The van der Waals surface area contributed by atoms with E-state index in [0.717, 1.165) is 37.4 Å². The van der Waals surface area contributed by atoms with Crippen LogP contribution in [0.2, 0.25) is 5.02 Å². The predicted molar refractivity (Wildman–Crippen MR) is 87.5 cm³/mol. The van der Waals surface area contributed by atoms with Crippen molar-refractivity contribution in [2.45, 2.75) is 77.9 Å². The van der Waals surface area contributed by atoms with Crippen molar-refractivity contribution < 1.29 is 5.11 Å². The first-order chi connectivity index (χ1) is 10.2. The molecule has 1 aromatic heterocycles. The summed E-state index contributed by atoms with van der Waals surface area (Å²) in [4.78, 5) is 0. The summed E-state index contributed by atoms with van der Waals surface area (Å²) in [5.41, 5.74) is 0.829. The quantitative estimate of drug-likeness (QED) is 0.771. The van der Waals surface area contributed by atoms with Gasteiger partial charge in [0.2, 0.25) is 0 Å². The second kappa shape index (κ2) is 8.19. The number of aliphatic hydroxyl groups excluding tert-OH is 1. The van der Waals surface area contributed by atoms with E-state index in [1.54, 1.807) is 6.20 Å². The molecule has 1 fully saturated rings. The van der Waals surface area contributed by atoms with Crippen molar-refractivity contribution >= 4 is 11.6 Å². The average molecular weight is 313 g/mol. The number of halogens is 1. The van der Waals surface area contributed by atoms with Crippen molar-refractivity contribution in [2.24, 2.45) is 11.8 Å². The molecule has 120 valence electrons. The SMILES string of the molecule is CCCCC1CCC(C(O)c2c(Cl)cnn2CCC)CC1. The Bertz CT molecular complexity index is 424. The maximum atomic E-state index is 10.7. The molecule has 1 aliphatic carbocycles. The summed E-state index contributed by atoms with van der Waals surface area (Å²) >= 11 is 6.25. The minimum atomic E-state index is -0.460. The van der Waals surface area contributed by atoms with E-state index in [4.69, 9.17) is 11.6 Å². The van der Waals surface area contributed by atoms with Crippen LogP contribution in [0.4, 0.5) is 0 Å². The van der Waals surface area contributed by atoms with Gasteiger partial charge in [-0.3, -0.25) is 4.68 Å². The van der Waals surface area contributed by atoms with Crippen molar-refractivity contribution in [3.05, 3.63) is 16.9 Å². The molecule has 1 atom stereocenters. The minimum absolute atomic E-state index is 0.340. The number of rotatable bonds is 7. The molecule has 0 spiro atoms. The molecule has 0 saturated heterocycles. The fourth-order valence-corrected chi connectivity index (χ4v) is 3.82. The Hall–Kier alpha value is -0.540. The number of aliphatic hydroxyl groups is 1. The first-order valence-corrected chi connectivity index (χ1v) is 8.94. The first kappa shape index (κ1) is 16.8. The number of hydrogen-bond acceptors (Lipinski definition) is 2. The summed E-state index contributed by atoms with van der Waals surface area (Å²) in [5.74, 6) is 1.21. The Morgan fingerprint density at radius 1 is 1.29 bits per heavy atom. The van der Waals surface area contributed by atoms with Gasteiger partial charge in [-0.15, -0.1) is 0 Å². The van der Waals surface area contributed by atoms with E-state index in [1.807, 2.05) is 4.68 Å². The zero-order chi connectivity index (χ0) is 15.2. The van der Waals surface area contributed by atoms with Crippen LogP contribution >= 0.6 is 11.6 Å². The molecule has 0 aromatic carbocycles. The van der Waals surface area contributed by atoms with E-state index < -0.39 is 6.10 Å². The molecular weight excluding hydrogens is 284 g/mol. The second-order valence-electron chi connectivity index (χ2n) is 6.47. The van der Waals surface area contributed by atoms with Gasteiger partial charge in [-0.1, -0.05) is 57.6 Å². The first-order valence-electron chi connectivity index (χ1n) is 8.56. The lowest BCUT2D eigenvalue weighted by Crippen LogP contribution is -2.23. The van der Waals surface area contributed by atoms with Gasteiger partial charge in [0.25, 0.3) is 0 Å². The summed E-state index contributed by atoms with van der Waals surface area (Å²) in [6, 6.07) is 0. The fraction of sp³-hybridized carbons (Fsp3) is 0.824. The molecule has 1 aliphatic rings. The van der Waals surface area contributed by atoms with E-state index in [-0.39, 0.29) is 0 Å². The maximum absolute atomic E-state index is 10.7. The predicted octanol–water partition coefficient (Wildman–Crippen LogP) is 4.98. The molecule has 3 nitrogen and oxygen atoms in total. The molecule has 2 rings (SSSR count). The van der Waals surface area contributed by atoms with E-state index in [2.05, 4.69) is 18.9 Å². The van der Waals surface area contributed by atoms with Gasteiger partial charge in [0, 0.05) is 6.54 Å². The molecule has 1 heterocycles. The van der Waals surface area contributed by atoms with Gasteiger partial charge in [-0.25, -0.2) is 0 Å². The van der Waals surface area contributed by atoms with Crippen LogP contribution in [0.1, 0.15) is 77.0 Å². The number of unbranched alkanes of at least 4 members (excludes halogenated alkanes) is 1. The summed E-state index contributed by atoms with van der Waals surface area (Å²) in [6.45, 7) is 5.20. The fourth-order valence-electron chi connectivity index (χ4n) is 3.56. The zero-order valence-corrected chi connectivity index (χ0v) is 14.1. The smallest absolute Gasteiger partial charge is 0.0999 e. The minimum Gasteiger partial charge on any atom is -0.386 e. The van der Waals surface area contributed by atoms with Crippen LogP contribution in [0.15, 0.2) is 6.20 Å². The van der Waals surface area contributed by atoms with Crippen LogP contribution in [-0.4, -0.2) is 14.9 Å². The molecular formula is C17H29ClN2O. The monoisotopic (exact) mass is 312 g/mol. The van der Waals surface area contributed by atoms with E-state index in [0.29, 0.717) is 10.9 Å². The van der Waals surface area contributed by atoms with Crippen LogP contribution in [0, 0.1) is 11.8 Å². The summed E-state index contributed by atoms with van der Waals surface area (Å²) < 4.78 is 1.89. The molecule has 0 aliphatic heterocycles. The van der Waals surface area contributed by atoms with Gasteiger partial charge < -0.3 is 5.11 Å². The van der Waals surface area contributed by atoms with Gasteiger partial charge in [0.05, 0.1) is 23.0 Å². The highest BCUT2D eigenvalue weighted by molar-refractivity contribution is 6.31. The third kappa shape index (κ3) is 4.23. The zero-order valence-electron chi connectivity index (χ0n) is 13.4. The number of aryl methyl sites for hydroxylation is 1. The van der Waals surface area contributed by atoms with Gasteiger partial charge in [-0.05, 0) is 31.1 Å². The van der Waals surface area contributed by atoms with E-state index in [1.165, 1.54) is 32.1 Å². The Balaban J connectivity index is 1.95. The van der Waals surface area contributed by atoms with Crippen molar-refractivity contribution in [3.63, 3.8) is 0 Å². The van der Waals surface area contributed by atoms with Crippen molar-refractivity contribution in [1.82, 2.24) is 9.78 Å². The summed E-state index contributed by atoms with van der Waals surface area (Å²) in [6.07, 6.45) is 10.9. The summed E-state index contributed by atoms with van der Waals surface area (Å²) in [7, 11) is 0. The number of nitrogens with zero attached hydrogens (tertiary/aromatic N) is 2. The van der Waals surface area contributed by atoms with Crippen molar-refractivity contribution in [1.29, 1.82) is 0 Å². The van der Waals surface area contributed by atoms with E-state index >= 15 is 0 Å². The highest BCUT2D eigenvalue weighted by atomic mass is 35.5. The topological polar surface area (TPSA) is 38.1 Å². The van der Waals surface area contributed by atoms with Gasteiger partial charge in [-0.2, -0.15) is 5.10 Å². The van der Waals surface area contributed by atoms with Crippen LogP contribution in [0.3, 0.4) is 0 Å². The third-order valence-corrected chi connectivity index (χ3v) is 5.14. The number of hydrogen-bond donors (Lipinski definition) is 1. The molecule has 4 heteroatoms. The lowest BCUT2D eigenvalue weighted by Gasteiger charge is -2.32. The van der Waals surface area contributed by atoms with Gasteiger partial charge in [0.15, 0.2) is 0 Å². The Morgan fingerprint density at radius 3 is 2.62 bits per heavy atom. The highest BCUT2D eigenvalue weighted by Crippen LogP contribution is 2.40. The van der Waals surface area contributed by atoms with Crippen LogP contribution < -0.4 is 0 Å². The van der Waals surface area contributed by atoms with Crippen LogP contribution in [0.25, 0.3) is 0 Å². The largest absolute Gasteiger partial charge is 0.386 e. The molecule has 1 N–H and O–H groups in total. The van der Waals surface area contributed by atoms with Crippen molar-refractivity contribution in [3.8, 4) is 0 Å². The Kier molecular flexibility index (Phi) is 6.56. The molecule has 0 amide bonds. The molecule has 1 aromatic rings. The molecule has 0 bridgehead atoms. The van der Waals surface area contributed by atoms with Gasteiger partial charge >= 0.3 is 0 Å². The summed E-state index contributed by atoms with van der Waals surface area (Å²) in [5, 5.41) is 15.7. The molecule has 21 heavy (non-hydrogen) atoms. The third-order valence-electron chi connectivity index (χ3n) is 4.85. The standard InChI is InChI=1S/C17H29ClN2O/c1-3-5-6-13-7-9-14(10-8-13)17(21)16-15(18)12-19-20(16)11-4-2/h12-14,17,21H,3-11H2,1-2H3. The van der Waals surface area contributed by atoms with Crippen LogP contribution in [-0.2, 0) is 6.54 Å². The lowest BCUT2D eigenvalue weighted by molar-refractivity contribution is 0.0648. The molecule has 1 saturated carbocycles. The highest BCUT2D eigenvalue weighted by Gasteiger charge is 2.30. The molecule has 1 unspecified atom stereocenters. The Morgan fingerprint density at radius 2 is 2.00 bits per heavy atom. The average Bonchev–Trinajstić information content (AvgIpc) is 2.86. The molecule has 0 radical (unpaired) electrons. The van der Waals surface area contributed by atoms with E-state index in [9.17, 15) is 5.11 Å². The normalized spacial score (nSPS) is 24.2. The maximum Gasteiger partial charge on any atom is 0.0999 e. The van der Waals surface area contributed by atoms with Gasteiger partial charge in [0.1, 0.15) is 0 Å². The number of aromatic nitrogens is 2. The second-order valence-corrected chi connectivity index (χ2v) is 6.88.